The maximum atomic E-state index is 12.8. The van der Waals surface area contributed by atoms with E-state index < -0.39 is 6.10 Å². The molecule has 69 heavy (non-hydrogen) atoms. The lowest BCUT2D eigenvalue weighted by Gasteiger charge is -2.18. The van der Waals surface area contributed by atoms with Gasteiger partial charge in [0, 0.05) is 19.3 Å². The van der Waals surface area contributed by atoms with Crippen LogP contribution >= 0.6 is 0 Å². The summed E-state index contributed by atoms with van der Waals surface area (Å²) < 4.78 is 16.7. The highest BCUT2D eigenvalue weighted by atomic mass is 16.6. The molecular formula is C63H102O6. The molecule has 0 aliphatic carbocycles. The molecule has 0 aromatic carbocycles. The number of esters is 3. The molecule has 0 aliphatic heterocycles. The van der Waals surface area contributed by atoms with Crippen LogP contribution in [0.5, 0.6) is 0 Å². The molecule has 1 atom stereocenters. The first-order valence-electron chi connectivity index (χ1n) is 28.0. The van der Waals surface area contributed by atoms with Gasteiger partial charge in [-0.2, -0.15) is 0 Å². The number of ether oxygens (including phenoxy) is 3. The topological polar surface area (TPSA) is 78.9 Å². The van der Waals surface area contributed by atoms with Crippen LogP contribution in [0, 0.1) is 0 Å². The van der Waals surface area contributed by atoms with Crippen molar-refractivity contribution in [2.24, 2.45) is 0 Å². The van der Waals surface area contributed by atoms with Crippen LogP contribution in [0.25, 0.3) is 0 Å². The van der Waals surface area contributed by atoms with Gasteiger partial charge in [0.2, 0.25) is 0 Å². The van der Waals surface area contributed by atoms with Crippen LogP contribution in [0.2, 0.25) is 0 Å². The van der Waals surface area contributed by atoms with Gasteiger partial charge in [-0.3, -0.25) is 14.4 Å². The first-order valence-corrected chi connectivity index (χ1v) is 28.0. The van der Waals surface area contributed by atoms with E-state index in [0.717, 1.165) is 96.3 Å². The second-order valence-electron chi connectivity index (χ2n) is 18.1. The van der Waals surface area contributed by atoms with Gasteiger partial charge in [0.15, 0.2) is 6.10 Å². The highest BCUT2D eigenvalue weighted by Crippen LogP contribution is 2.15. The van der Waals surface area contributed by atoms with E-state index in [0.29, 0.717) is 25.7 Å². The van der Waals surface area contributed by atoms with E-state index in [1.54, 1.807) is 0 Å². The Morgan fingerprint density at radius 3 is 0.971 bits per heavy atom. The molecule has 6 nitrogen and oxygen atoms in total. The van der Waals surface area contributed by atoms with Crippen LogP contribution in [-0.2, 0) is 28.6 Å². The van der Waals surface area contributed by atoms with Gasteiger partial charge < -0.3 is 14.2 Å². The third-order valence-corrected chi connectivity index (χ3v) is 11.5. The molecule has 0 saturated heterocycles. The molecule has 0 heterocycles. The molecule has 0 N–H and O–H groups in total. The van der Waals surface area contributed by atoms with Gasteiger partial charge in [0.25, 0.3) is 0 Å². The molecule has 0 amide bonds. The van der Waals surface area contributed by atoms with E-state index in [4.69, 9.17) is 14.2 Å². The van der Waals surface area contributed by atoms with Gasteiger partial charge in [0.1, 0.15) is 13.2 Å². The molecule has 0 rings (SSSR count). The van der Waals surface area contributed by atoms with Gasteiger partial charge in [-0.15, -0.1) is 0 Å². The lowest BCUT2D eigenvalue weighted by Crippen LogP contribution is -2.30. The molecule has 0 radical (unpaired) electrons. The average Bonchev–Trinajstić information content (AvgIpc) is 3.35. The molecule has 0 bridgehead atoms. The number of hydrogen-bond donors (Lipinski definition) is 0. The molecule has 0 unspecified atom stereocenters. The normalized spacial score (nSPS) is 13.0. The summed E-state index contributed by atoms with van der Waals surface area (Å²) in [6, 6.07) is 0. The lowest BCUT2D eigenvalue weighted by atomic mass is 10.0. The second-order valence-corrected chi connectivity index (χ2v) is 18.1. The van der Waals surface area contributed by atoms with E-state index >= 15 is 0 Å². The smallest absolute Gasteiger partial charge is 0.306 e. The number of carbonyl (C=O) groups is 3. The first-order chi connectivity index (χ1) is 34.0. The molecule has 0 aromatic heterocycles. The Morgan fingerprint density at radius 1 is 0.304 bits per heavy atom. The van der Waals surface area contributed by atoms with E-state index in [-0.39, 0.29) is 37.5 Å². The highest BCUT2D eigenvalue weighted by Gasteiger charge is 2.19. The molecule has 6 heteroatoms. The first kappa shape index (κ1) is 64.8. The summed E-state index contributed by atoms with van der Waals surface area (Å²) in [5, 5.41) is 0. The summed E-state index contributed by atoms with van der Waals surface area (Å²) in [6.07, 6.45) is 77.7. The fourth-order valence-corrected chi connectivity index (χ4v) is 7.34. The van der Waals surface area contributed by atoms with Crippen molar-refractivity contribution in [1.29, 1.82) is 0 Å². The van der Waals surface area contributed by atoms with Crippen molar-refractivity contribution in [3.8, 4) is 0 Å². The summed E-state index contributed by atoms with van der Waals surface area (Å²) in [5.74, 6) is -1.05. The van der Waals surface area contributed by atoms with Crippen molar-refractivity contribution in [2.45, 2.75) is 245 Å². The molecule has 0 saturated carbocycles. The zero-order chi connectivity index (χ0) is 50.0. The fraction of sp³-hybridized carbons (Fsp3) is 0.635. The summed E-state index contributed by atoms with van der Waals surface area (Å²) in [7, 11) is 0. The molecule has 0 aromatic rings. The number of hydrogen-bond acceptors (Lipinski definition) is 6. The molecular weight excluding hydrogens is 853 g/mol. The van der Waals surface area contributed by atoms with Crippen molar-refractivity contribution < 1.29 is 28.6 Å². The molecule has 0 aliphatic rings. The summed E-state index contributed by atoms with van der Waals surface area (Å²) in [6.45, 7) is 6.31. The van der Waals surface area contributed by atoms with Gasteiger partial charge in [-0.1, -0.05) is 245 Å². The number of unbranched alkanes of at least 4 members (excludes halogenated alkanes) is 18. The summed E-state index contributed by atoms with van der Waals surface area (Å²) in [5.41, 5.74) is 0. The zero-order valence-corrected chi connectivity index (χ0v) is 44.5. The SMILES string of the molecule is CC/C=C\C/C=C\C/C=C\C/C=C\C/C=C\C/C=C\CCC(=O)OC[C@@H](COC(=O)CCCC/C=C\C/C=C\C/C=C\C/C=C\CC)OC(=O)CCCCCCCCCCCCCCCCCCC. The van der Waals surface area contributed by atoms with Gasteiger partial charge in [-0.25, -0.2) is 0 Å². The van der Waals surface area contributed by atoms with Crippen LogP contribution in [-0.4, -0.2) is 37.2 Å². The average molecular weight is 956 g/mol. The third kappa shape index (κ3) is 54.6. The minimum atomic E-state index is -0.827. The van der Waals surface area contributed by atoms with E-state index in [9.17, 15) is 14.4 Å². The summed E-state index contributed by atoms with van der Waals surface area (Å²) in [4.78, 5) is 38.1. The van der Waals surface area contributed by atoms with Crippen molar-refractivity contribution in [3.63, 3.8) is 0 Å². The molecule has 390 valence electrons. The third-order valence-electron chi connectivity index (χ3n) is 11.5. The quantitative estimate of drug-likeness (QED) is 0.0262. The van der Waals surface area contributed by atoms with Crippen LogP contribution in [0.1, 0.15) is 239 Å². The van der Waals surface area contributed by atoms with Gasteiger partial charge in [0.05, 0.1) is 0 Å². The predicted octanol–water partition coefficient (Wildman–Crippen LogP) is 18.9. The van der Waals surface area contributed by atoms with E-state index in [1.807, 2.05) is 12.2 Å². The Morgan fingerprint density at radius 2 is 0.594 bits per heavy atom. The van der Waals surface area contributed by atoms with Gasteiger partial charge >= 0.3 is 17.9 Å². The fourth-order valence-electron chi connectivity index (χ4n) is 7.34. The monoisotopic (exact) mass is 955 g/mol. The van der Waals surface area contributed by atoms with Crippen molar-refractivity contribution in [1.82, 2.24) is 0 Å². The highest BCUT2D eigenvalue weighted by molar-refractivity contribution is 5.71. The summed E-state index contributed by atoms with van der Waals surface area (Å²) >= 11 is 0. The molecule has 0 fully saturated rings. The Labute approximate surface area is 424 Å². The Kier molecular flexibility index (Phi) is 53.0. The van der Waals surface area contributed by atoms with Gasteiger partial charge in [-0.05, 0) is 96.3 Å². The van der Waals surface area contributed by atoms with E-state index in [1.165, 1.54) is 89.9 Å². The van der Waals surface area contributed by atoms with E-state index in [2.05, 4.69) is 130 Å². The maximum absolute atomic E-state index is 12.8. The molecule has 0 spiro atoms. The number of rotatable bonds is 49. The minimum Gasteiger partial charge on any atom is -0.462 e. The Balaban J connectivity index is 4.55. The van der Waals surface area contributed by atoms with Crippen molar-refractivity contribution >= 4 is 17.9 Å². The second kappa shape index (κ2) is 56.4. The van der Waals surface area contributed by atoms with Crippen molar-refractivity contribution in [3.05, 3.63) is 122 Å². The van der Waals surface area contributed by atoms with Crippen LogP contribution < -0.4 is 0 Å². The predicted molar refractivity (Wildman–Crippen MR) is 297 cm³/mol. The lowest BCUT2D eigenvalue weighted by molar-refractivity contribution is -0.166. The number of carbonyl (C=O) groups excluding carboxylic acids is 3. The van der Waals surface area contributed by atoms with Crippen LogP contribution in [0.4, 0.5) is 0 Å². The number of allylic oxidation sites excluding steroid dienone is 20. The Bertz CT molecular complexity index is 1470. The van der Waals surface area contributed by atoms with Crippen LogP contribution in [0.3, 0.4) is 0 Å². The largest absolute Gasteiger partial charge is 0.462 e. The van der Waals surface area contributed by atoms with Crippen LogP contribution in [0.15, 0.2) is 122 Å². The van der Waals surface area contributed by atoms with Crippen molar-refractivity contribution in [2.75, 3.05) is 13.2 Å². The standard InChI is InChI=1S/C63H102O6/c1-4-7-10-13-16-19-22-25-28-30-31-33-35-38-41-44-47-50-53-56-62(65)68-59-60(58-67-61(64)55-52-49-46-43-40-37-34-27-24-21-18-15-12-9-6-3)69-63(66)57-54-51-48-45-42-39-36-32-29-26-23-20-17-14-11-8-5-2/h7,9-10,12,16,18-19,21,25,27-28,31,33-34,38,40-41,43,47,50,60H,4-6,8,11,13-15,17,20,22-24,26,29-30,32,35-37,39,42,44-46,48-49,51-59H2,1-3H3/b10-7-,12-9-,19-16-,21-18-,28-25-,33-31-,34-27-,41-38-,43-40-,50-47-/t60-/m1/s1. The Hall–Kier alpha value is -4.19. The minimum absolute atomic E-state index is 0.124. The zero-order valence-electron chi connectivity index (χ0n) is 44.5. The maximum Gasteiger partial charge on any atom is 0.306 e.